The Morgan fingerprint density at radius 1 is 1.37 bits per heavy atom. The van der Waals surface area contributed by atoms with Gasteiger partial charge in [0.2, 0.25) is 5.91 Å². The lowest BCUT2D eigenvalue weighted by atomic mass is 9.70. The molecule has 27 heavy (non-hydrogen) atoms. The molecule has 144 valence electrons. The molecule has 2 aliphatic heterocycles. The number of furan rings is 1. The molecule has 4 rings (SSSR count). The van der Waals surface area contributed by atoms with E-state index in [1.54, 1.807) is 23.2 Å². The number of carbonyl (C=O) groups excluding carboxylic acids is 2. The number of likely N-dealkylation sites (tertiary alicyclic amines) is 2. The number of amides is 2. The molecule has 2 aromatic heterocycles. The van der Waals surface area contributed by atoms with Gasteiger partial charge in [-0.05, 0) is 44.9 Å². The minimum absolute atomic E-state index is 0.0726. The highest BCUT2D eigenvalue weighted by atomic mass is 16.3. The maximum Gasteiger partial charge on any atom is 0.289 e. The van der Waals surface area contributed by atoms with Crippen LogP contribution in [-0.2, 0) is 4.79 Å². The Morgan fingerprint density at radius 2 is 2.19 bits per heavy atom. The van der Waals surface area contributed by atoms with Crippen molar-refractivity contribution in [3.8, 4) is 0 Å². The van der Waals surface area contributed by atoms with Crippen molar-refractivity contribution < 1.29 is 14.0 Å². The van der Waals surface area contributed by atoms with Crippen LogP contribution >= 0.6 is 0 Å². The molecule has 0 aromatic carbocycles. The molecule has 0 unspecified atom stereocenters. The summed E-state index contributed by atoms with van der Waals surface area (Å²) < 4.78 is 7.30. The third-order valence-electron chi connectivity index (χ3n) is 6.00. The van der Waals surface area contributed by atoms with E-state index in [1.165, 1.54) is 6.26 Å². The van der Waals surface area contributed by atoms with Crippen LogP contribution in [0.3, 0.4) is 0 Å². The van der Waals surface area contributed by atoms with Gasteiger partial charge in [0, 0.05) is 50.5 Å². The van der Waals surface area contributed by atoms with Crippen molar-refractivity contribution in [2.45, 2.75) is 38.6 Å². The fourth-order valence-electron chi connectivity index (χ4n) is 4.72. The molecule has 0 aliphatic carbocycles. The van der Waals surface area contributed by atoms with Crippen LogP contribution in [0.1, 0.15) is 54.9 Å². The first kappa shape index (κ1) is 17.8. The predicted octanol–water partition coefficient (Wildman–Crippen LogP) is 2.54. The molecule has 7 heteroatoms. The number of carbonyl (C=O) groups is 2. The summed E-state index contributed by atoms with van der Waals surface area (Å²) in [5.41, 5.74) is 0.436. The number of nitrogens with zero attached hydrogens (tertiary/aromatic N) is 4. The van der Waals surface area contributed by atoms with Crippen molar-refractivity contribution in [1.29, 1.82) is 0 Å². The van der Waals surface area contributed by atoms with E-state index in [2.05, 4.69) is 18.9 Å². The molecule has 0 radical (unpaired) electrons. The zero-order chi connectivity index (χ0) is 19.2. The fourth-order valence-corrected chi connectivity index (χ4v) is 4.72. The highest BCUT2D eigenvalue weighted by Crippen LogP contribution is 2.49. The molecule has 2 saturated heterocycles. The number of hydrogen-bond acceptors (Lipinski definition) is 4. The second kappa shape index (κ2) is 6.55. The number of aromatic nitrogens is 2. The molecule has 0 N–H and O–H groups in total. The van der Waals surface area contributed by atoms with Crippen LogP contribution in [0.25, 0.3) is 0 Å². The number of rotatable bonds is 3. The van der Waals surface area contributed by atoms with Crippen LogP contribution in [0, 0.1) is 5.41 Å². The summed E-state index contributed by atoms with van der Waals surface area (Å²) in [7, 11) is 1.86. The lowest BCUT2D eigenvalue weighted by molar-refractivity contribution is -0.144. The van der Waals surface area contributed by atoms with Crippen LogP contribution in [0.5, 0.6) is 0 Å². The van der Waals surface area contributed by atoms with Gasteiger partial charge < -0.3 is 14.2 Å². The third-order valence-corrected chi connectivity index (χ3v) is 6.00. The maximum absolute atomic E-state index is 13.3. The minimum Gasteiger partial charge on any atom is -0.459 e. The molecule has 2 atom stereocenters. The maximum atomic E-state index is 13.3. The van der Waals surface area contributed by atoms with E-state index in [4.69, 9.17) is 4.42 Å². The Morgan fingerprint density at radius 3 is 2.89 bits per heavy atom. The summed E-state index contributed by atoms with van der Waals surface area (Å²) >= 11 is 0. The van der Waals surface area contributed by atoms with E-state index in [0.717, 1.165) is 25.1 Å². The molecule has 2 aliphatic rings. The first-order valence-electron chi connectivity index (χ1n) is 9.56. The van der Waals surface area contributed by atoms with Crippen molar-refractivity contribution in [1.82, 2.24) is 19.6 Å². The van der Waals surface area contributed by atoms with Crippen molar-refractivity contribution in [2.24, 2.45) is 5.41 Å². The van der Waals surface area contributed by atoms with Crippen molar-refractivity contribution in [3.63, 3.8) is 0 Å². The molecule has 2 fully saturated rings. The summed E-state index contributed by atoms with van der Waals surface area (Å²) in [4.78, 5) is 29.9. The Hall–Kier alpha value is -2.57. The molecule has 2 amide bonds. The monoisotopic (exact) mass is 370 g/mol. The molecule has 0 bridgehead atoms. The van der Waals surface area contributed by atoms with Gasteiger partial charge in [-0.25, -0.2) is 0 Å². The van der Waals surface area contributed by atoms with Crippen molar-refractivity contribution in [2.75, 3.05) is 26.7 Å². The van der Waals surface area contributed by atoms with Gasteiger partial charge in [0.05, 0.1) is 11.7 Å². The van der Waals surface area contributed by atoms with Gasteiger partial charge in [-0.3, -0.25) is 14.3 Å². The molecule has 0 saturated carbocycles. The Bertz CT molecular complexity index is 841. The second-order valence-electron chi connectivity index (χ2n) is 8.00. The van der Waals surface area contributed by atoms with Gasteiger partial charge in [0.25, 0.3) is 5.91 Å². The Kier molecular flexibility index (Phi) is 4.32. The van der Waals surface area contributed by atoms with E-state index in [-0.39, 0.29) is 23.8 Å². The first-order valence-corrected chi connectivity index (χ1v) is 9.56. The van der Waals surface area contributed by atoms with Gasteiger partial charge in [-0.1, -0.05) is 0 Å². The van der Waals surface area contributed by atoms with Gasteiger partial charge in [-0.2, -0.15) is 5.10 Å². The number of hydrogen-bond donors (Lipinski definition) is 0. The number of piperidine rings is 1. The van der Waals surface area contributed by atoms with Crippen LogP contribution in [0.4, 0.5) is 0 Å². The van der Waals surface area contributed by atoms with E-state index in [1.807, 2.05) is 22.7 Å². The molecule has 4 heterocycles. The van der Waals surface area contributed by atoms with E-state index in [9.17, 15) is 9.59 Å². The lowest BCUT2D eigenvalue weighted by Gasteiger charge is -2.41. The van der Waals surface area contributed by atoms with Crippen molar-refractivity contribution in [3.05, 3.63) is 42.1 Å². The Balaban J connectivity index is 1.75. The standard InChI is InChI=1S/C20H26N4O3/c1-14(2)24-16(7-9-21-24)15-12-23(18(25)17-6-4-11-27-17)13-20(15)8-5-10-22(3)19(20)26/h4,6-7,9,11,14-15H,5,8,10,12-13H2,1-3H3/t15-,20+/m0/s1. The van der Waals surface area contributed by atoms with Gasteiger partial charge in [-0.15, -0.1) is 0 Å². The van der Waals surface area contributed by atoms with E-state index in [0.29, 0.717) is 18.8 Å². The predicted molar refractivity (Wildman–Crippen MR) is 99.3 cm³/mol. The van der Waals surface area contributed by atoms with E-state index < -0.39 is 5.41 Å². The zero-order valence-corrected chi connectivity index (χ0v) is 16.1. The van der Waals surface area contributed by atoms with Crippen LogP contribution in [0.15, 0.2) is 35.1 Å². The molecule has 7 nitrogen and oxygen atoms in total. The fraction of sp³-hybridized carbons (Fsp3) is 0.550. The lowest BCUT2D eigenvalue weighted by Crippen LogP contribution is -2.51. The van der Waals surface area contributed by atoms with Crippen molar-refractivity contribution >= 4 is 11.8 Å². The quantitative estimate of drug-likeness (QED) is 0.832. The summed E-state index contributed by atoms with van der Waals surface area (Å²) in [6.07, 6.45) is 5.02. The average Bonchev–Trinajstić information content (AvgIpc) is 3.37. The van der Waals surface area contributed by atoms with Gasteiger partial charge in [0.15, 0.2) is 5.76 Å². The first-order chi connectivity index (χ1) is 12.9. The molecular weight excluding hydrogens is 344 g/mol. The second-order valence-corrected chi connectivity index (χ2v) is 8.00. The van der Waals surface area contributed by atoms with Crippen LogP contribution in [-0.4, -0.2) is 58.1 Å². The zero-order valence-electron chi connectivity index (χ0n) is 16.1. The third kappa shape index (κ3) is 2.76. The minimum atomic E-state index is -0.595. The average molecular weight is 370 g/mol. The highest BCUT2D eigenvalue weighted by molar-refractivity contribution is 5.93. The topological polar surface area (TPSA) is 71.6 Å². The summed E-state index contributed by atoms with van der Waals surface area (Å²) in [6.45, 7) is 5.85. The summed E-state index contributed by atoms with van der Waals surface area (Å²) in [6, 6.07) is 5.58. The molecule has 1 spiro atoms. The Labute approximate surface area is 158 Å². The highest BCUT2D eigenvalue weighted by Gasteiger charge is 2.56. The van der Waals surface area contributed by atoms with Gasteiger partial charge >= 0.3 is 0 Å². The summed E-state index contributed by atoms with van der Waals surface area (Å²) in [5, 5.41) is 4.47. The summed E-state index contributed by atoms with van der Waals surface area (Å²) in [5.74, 6) is 0.222. The smallest absolute Gasteiger partial charge is 0.289 e. The van der Waals surface area contributed by atoms with Crippen LogP contribution < -0.4 is 0 Å². The molecular formula is C20H26N4O3. The SMILES string of the molecule is CC(C)n1nccc1[C@@H]1CN(C(=O)c2ccco2)C[C@]12CCCN(C)C2=O. The molecule has 2 aromatic rings. The van der Waals surface area contributed by atoms with Crippen LogP contribution in [0.2, 0.25) is 0 Å². The normalized spacial score (nSPS) is 25.8. The van der Waals surface area contributed by atoms with Gasteiger partial charge in [0.1, 0.15) is 0 Å². The van der Waals surface area contributed by atoms with E-state index >= 15 is 0 Å². The largest absolute Gasteiger partial charge is 0.459 e.